The van der Waals surface area contributed by atoms with Crippen molar-refractivity contribution < 1.29 is 0 Å². The third-order valence-electron chi connectivity index (χ3n) is 5.11. The average molecular weight is 263 g/mol. The van der Waals surface area contributed by atoms with Crippen molar-refractivity contribution in [1.82, 2.24) is 0 Å². The van der Waals surface area contributed by atoms with Crippen molar-refractivity contribution in [2.75, 3.05) is 11.9 Å². The van der Waals surface area contributed by atoms with Gasteiger partial charge in [-0.1, -0.05) is 50.2 Å². The number of rotatable bonds is 1. The van der Waals surface area contributed by atoms with Gasteiger partial charge in [-0.2, -0.15) is 0 Å². The fraction of sp³-hybridized carbons (Fsp3) is 0.368. The second-order valence-corrected chi connectivity index (χ2v) is 6.54. The summed E-state index contributed by atoms with van der Waals surface area (Å²) < 4.78 is 0. The Morgan fingerprint density at radius 2 is 1.85 bits per heavy atom. The van der Waals surface area contributed by atoms with Crippen molar-refractivity contribution >= 4 is 5.69 Å². The van der Waals surface area contributed by atoms with E-state index < -0.39 is 0 Å². The molecule has 4 rings (SSSR count). The number of benzene rings is 2. The quantitative estimate of drug-likeness (QED) is 0.724. The van der Waals surface area contributed by atoms with Crippen molar-refractivity contribution in [1.29, 1.82) is 0 Å². The molecule has 1 nitrogen and oxygen atoms in total. The number of nitrogens with zero attached hydrogens (tertiary/aromatic N) is 1. The Kier molecular flexibility index (Phi) is 2.47. The highest BCUT2D eigenvalue weighted by molar-refractivity contribution is 5.66. The molecule has 1 heteroatoms. The van der Waals surface area contributed by atoms with E-state index in [1.165, 1.54) is 28.8 Å². The van der Waals surface area contributed by atoms with E-state index >= 15 is 0 Å². The van der Waals surface area contributed by atoms with Crippen LogP contribution in [0.5, 0.6) is 0 Å². The normalized spacial score (nSPS) is 22.9. The topological polar surface area (TPSA) is 3.24 Å². The summed E-state index contributed by atoms with van der Waals surface area (Å²) in [5.74, 6) is 1.25. The van der Waals surface area contributed by atoms with Crippen LogP contribution in [0.15, 0.2) is 42.5 Å². The van der Waals surface area contributed by atoms with Gasteiger partial charge in [0.05, 0.1) is 6.04 Å². The van der Waals surface area contributed by atoms with Crippen LogP contribution in [0.4, 0.5) is 5.69 Å². The van der Waals surface area contributed by atoms with Crippen LogP contribution in [-0.4, -0.2) is 7.05 Å². The summed E-state index contributed by atoms with van der Waals surface area (Å²) in [6.45, 7) is 4.56. The molecule has 102 valence electrons. The van der Waals surface area contributed by atoms with E-state index in [1.54, 1.807) is 5.56 Å². The van der Waals surface area contributed by atoms with Gasteiger partial charge in [0, 0.05) is 18.7 Å². The molecule has 0 radical (unpaired) electrons. The van der Waals surface area contributed by atoms with Gasteiger partial charge in [0.2, 0.25) is 0 Å². The lowest BCUT2D eigenvalue weighted by atomic mass is 9.92. The largest absolute Gasteiger partial charge is 0.367 e. The molecule has 0 spiro atoms. The molecule has 1 aliphatic carbocycles. The molecule has 0 N–H and O–H groups in total. The Morgan fingerprint density at radius 3 is 2.65 bits per heavy atom. The van der Waals surface area contributed by atoms with Gasteiger partial charge in [-0.25, -0.2) is 0 Å². The highest BCUT2D eigenvalue weighted by atomic mass is 15.2. The molecule has 0 saturated carbocycles. The lowest BCUT2D eigenvalue weighted by molar-refractivity contribution is 0.617. The van der Waals surface area contributed by atoms with Crippen LogP contribution in [0.25, 0.3) is 0 Å². The first-order valence-corrected chi connectivity index (χ1v) is 7.61. The fourth-order valence-electron chi connectivity index (χ4n) is 4.03. The molecule has 0 fully saturated rings. The van der Waals surface area contributed by atoms with E-state index in [9.17, 15) is 0 Å². The minimum Gasteiger partial charge on any atom is -0.367 e. The monoisotopic (exact) mass is 263 g/mol. The summed E-state index contributed by atoms with van der Waals surface area (Å²) in [7, 11) is 2.25. The zero-order valence-corrected chi connectivity index (χ0v) is 12.4. The maximum Gasteiger partial charge on any atom is 0.0614 e. The first-order valence-electron chi connectivity index (χ1n) is 7.61. The van der Waals surface area contributed by atoms with E-state index in [4.69, 9.17) is 0 Å². The van der Waals surface area contributed by atoms with E-state index in [2.05, 4.69) is 68.3 Å². The molecule has 1 aliphatic heterocycles. The highest BCUT2D eigenvalue weighted by Gasteiger charge is 2.42. The van der Waals surface area contributed by atoms with Gasteiger partial charge in [0.25, 0.3) is 0 Å². The zero-order chi connectivity index (χ0) is 13.9. The molecule has 2 aromatic rings. The van der Waals surface area contributed by atoms with E-state index in [0.717, 1.165) is 0 Å². The maximum absolute atomic E-state index is 2.48. The molecular formula is C19H21N. The number of fused-ring (bicyclic) bond motifs is 5. The highest BCUT2D eigenvalue weighted by Crippen LogP contribution is 2.54. The number of hydrogen-bond donors (Lipinski definition) is 0. The summed E-state index contributed by atoms with van der Waals surface area (Å²) in [4.78, 5) is 2.48. The van der Waals surface area contributed by atoms with Gasteiger partial charge in [0.15, 0.2) is 0 Å². The van der Waals surface area contributed by atoms with Gasteiger partial charge in [0.1, 0.15) is 0 Å². The third kappa shape index (κ3) is 1.49. The van der Waals surface area contributed by atoms with Crippen LogP contribution < -0.4 is 4.90 Å². The Morgan fingerprint density at radius 1 is 1.05 bits per heavy atom. The maximum atomic E-state index is 2.48. The number of anilines is 1. The van der Waals surface area contributed by atoms with Gasteiger partial charge in [-0.05, 0) is 40.7 Å². The zero-order valence-electron chi connectivity index (χ0n) is 12.4. The molecule has 2 aliphatic rings. The number of hydrogen-bond acceptors (Lipinski definition) is 1. The van der Waals surface area contributed by atoms with Crippen LogP contribution in [0.1, 0.15) is 54.0 Å². The first kappa shape index (κ1) is 12.0. The fourth-order valence-corrected chi connectivity index (χ4v) is 4.03. The molecule has 0 saturated heterocycles. The van der Waals surface area contributed by atoms with Gasteiger partial charge >= 0.3 is 0 Å². The Balaban J connectivity index is 1.84. The van der Waals surface area contributed by atoms with Gasteiger partial charge < -0.3 is 4.90 Å². The number of likely N-dealkylation sites (N-methyl/N-ethyl adjacent to an activating group) is 1. The minimum atomic E-state index is 0.545. The molecule has 0 unspecified atom stereocenters. The lowest BCUT2D eigenvalue weighted by Gasteiger charge is -2.23. The van der Waals surface area contributed by atoms with E-state index in [1.807, 2.05) is 0 Å². The van der Waals surface area contributed by atoms with E-state index in [0.29, 0.717) is 17.9 Å². The van der Waals surface area contributed by atoms with Gasteiger partial charge in [-0.15, -0.1) is 0 Å². The van der Waals surface area contributed by atoms with Crippen molar-refractivity contribution in [2.24, 2.45) is 0 Å². The molecule has 2 atom stereocenters. The summed E-state index contributed by atoms with van der Waals surface area (Å²) in [6.07, 6.45) is 1.19. The predicted molar refractivity (Wildman–Crippen MR) is 84.6 cm³/mol. The third-order valence-corrected chi connectivity index (χ3v) is 5.11. The van der Waals surface area contributed by atoms with Crippen LogP contribution in [0.3, 0.4) is 0 Å². The molecular weight excluding hydrogens is 242 g/mol. The summed E-state index contributed by atoms with van der Waals surface area (Å²) >= 11 is 0. The van der Waals surface area contributed by atoms with Crippen molar-refractivity contribution in [2.45, 2.75) is 38.1 Å². The Bertz CT molecular complexity index is 671. The minimum absolute atomic E-state index is 0.545. The first-order chi connectivity index (χ1) is 9.66. The molecule has 0 aromatic heterocycles. The second-order valence-electron chi connectivity index (χ2n) is 6.54. The summed E-state index contributed by atoms with van der Waals surface area (Å²) in [5.41, 5.74) is 7.52. The molecule has 1 heterocycles. The van der Waals surface area contributed by atoms with Crippen molar-refractivity contribution in [3.05, 3.63) is 64.7 Å². The second kappa shape index (κ2) is 4.12. The molecule has 20 heavy (non-hydrogen) atoms. The summed E-state index contributed by atoms with van der Waals surface area (Å²) in [5, 5.41) is 0. The average Bonchev–Trinajstić information content (AvgIpc) is 2.96. The molecule has 2 aromatic carbocycles. The molecule has 0 bridgehead atoms. The standard InChI is InChI=1S/C19H21N/c1-12(2)13-8-9-18-16(10-13)17-11-14-6-4-5-7-15(14)19(17)20(18)3/h4-10,12,17,19H,11H2,1-3H3/t17-,19-/m1/s1. The predicted octanol–water partition coefficient (Wildman–Crippen LogP) is 4.64. The SMILES string of the molecule is CC(C)c1ccc2c(c1)[C@H]1Cc3ccccc3[C@H]1N2C. The van der Waals surface area contributed by atoms with E-state index in [-0.39, 0.29) is 0 Å². The van der Waals surface area contributed by atoms with Crippen LogP contribution in [-0.2, 0) is 6.42 Å². The van der Waals surface area contributed by atoms with Crippen LogP contribution in [0, 0.1) is 0 Å². The molecule has 0 amide bonds. The smallest absolute Gasteiger partial charge is 0.0614 e. The van der Waals surface area contributed by atoms with Crippen molar-refractivity contribution in [3.63, 3.8) is 0 Å². The van der Waals surface area contributed by atoms with Crippen molar-refractivity contribution in [3.8, 4) is 0 Å². The van der Waals surface area contributed by atoms with Gasteiger partial charge in [-0.3, -0.25) is 0 Å². The Hall–Kier alpha value is -1.76. The Labute approximate surface area is 121 Å². The van der Waals surface area contributed by atoms with Crippen LogP contribution >= 0.6 is 0 Å². The van der Waals surface area contributed by atoms with Crippen LogP contribution in [0.2, 0.25) is 0 Å². The summed E-state index contributed by atoms with van der Waals surface area (Å²) in [6, 6.07) is 16.6. The lowest BCUT2D eigenvalue weighted by Crippen LogP contribution is -2.19.